The lowest BCUT2D eigenvalue weighted by Gasteiger charge is -2.14. The van der Waals surface area contributed by atoms with Crippen molar-refractivity contribution < 1.29 is 18.7 Å². The molecule has 7 heteroatoms. The average Bonchev–Trinajstić information content (AvgIpc) is 3.00. The minimum absolute atomic E-state index is 0.128. The number of fused-ring (bicyclic) bond motifs is 1. The molecule has 3 aromatic rings. The van der Waals surface area contributed by atoms with Gasteiger partial charge in [0.05, 0.1) is 19.7 Å². The van der Waals surface area contributed by atoms with E-state index in [-0.39, 0.29) is 11.8 Å². The number of anilines is 1. The van der Waals surface area contributed by atoms with Gasteiger partial charge in [-0.3, -0.25) is 9.78 Å². The summed E-state index contributed by atoms with van der Waals surface area (Å²) in [6, 6.07) is 10.6. The summed E-state index contributed by atoms with van der Waals surface area (Å²) in [7, 11) is 3.16. The molecule has 0 spiro atoms. The molecule has 0 fully saturated rings. The lowest BCUT2D eigenvalue weighted by atomic mass is 10.00. The van der Waals surface area contributed by atoms with E-state index in [9.17, 15) is 9.59 Å². The van der Waals surface area contributed by atoms with Crippen molar-refractivity contribution in [2.45, 2.75) is 13.3 Å². The van der Waals surface area contributed by atoms with Gasteiger partial charge >= 0.3 is 5.76 Å². The van der Waals surface area contributed by atoms with Crippen LogP contribution in [0.15, 0.2) is 45.6 Å². The normalized spacial score (nSPS) is 12.0. The number of benzene rings is 2. The lowest BCUT2D eigenvalue weighted by Crippen LogP contribution is -2.22. The van der Waals surface area contributed by atoms with Gasteiger partial charge in [0.2, 0.25) is 5.91 Å². The monoisotopic (exact) mass is 356 g/mol. The van der Waals surface area contributed by atoms with E-state index in [1.807, 2.05) is 25.1 Å². The van der Waals surface area contributed by atoms with Crippen LogP contribution in [-0.2, 0) is 11.2 Å². The summed E-state index contributed by atoms with van der Waals surface area (Å²) in [4.78, 5) is 26.2. The molecular formula is C19H20N2O5. The van der Waals surface area contributed by atoms with Gasteiger partial charge in [-0.15, -0.1) is 0 Å². The summed E-state index contributed by atoms with van der Waals surface area (Å²) >= 11 is 0. The van der Waals surface area contributed by atoms with Gasteiger partial charge in [0.25, 0.3) is 0 Å². The Morgan fingerprint density at radius 2 is 1.92 bits per heavy atom. The Labute approximate surface area is 149 Å². The molecule has 2 N–H and O–H groups in total. The Morgan fingerprint density at radius 1 is 1.15 bits per heavy atom. The summed E-state index contributed by atoms with van der Waals surface area (Å²) in [5.74, 6) is 0.365. The zero-order valence-corrected chi connectivity index (χ0v) is 14.8. The fourth-order valence-electron chi connectivity index (χ4n) is 2.74. The molecule has 0 saturated carbocycles. The summed E-state index contributed by atoms with van der Waals surface area (Å²) in [6.45, 7) is 1.85. The van der Waals surface area contributed by atoms with Crippen molar-refractivity contribution in [3.05, 3.63) is 52.5 Å². The van der Waals surface area contributed by atoms with Crippen LogP contribution in [0, 0.1) is 5.92 Å². The first-order chi connectivity index (χ1) is 12.5. The Bertz CT molecular complexity index is 989. The zero-order chi connectivity index (χ0) is 18.7. The zero-order valence-electron chi connectivity index (χ0n) is 14.8. The molecule has 1 heterocycles. The van der Waals surface area contributed by atoms with Crippen LogP contribution in [0.1, 0.15) is 12.5 Å². The highest BCUT2D eigenvalue weighted by molar-refractivity contribution is 5.94. The molecule has 1 aromatic heterocycles. The predicted molar refractivity (Wildman–Crippen MR) is 97.9 cm³/mol. The van der Waals surface area contributed by atoms with E-state index >= 15 is 0 Å². The molecule has 1 atom stereocenters. The van der Waals surface area contributed by atoms with Crippen LogP contribution >= 0.6 is 0 Å². The van der Waals surface area contributed by atoms with Crippen molar-refractivity contribution in [2.24, 2.45) is 5.92 Å². The van der Waals surface area contributed by atoms with Gasteiger partial charge in [-0.1, -0.05) is 13.0 Å². The van der Waals surface area contributed by atoms with Crippen molar-refractivity contribution in [3.63, 3.8) is 0 Å². The standard InChI is InChI=1S/C19H20N2O5/c1-11(8-12-4-7-15(24-2)17(9-12)25-3)18(22)20-13-5-6-14-16(10-13)26-19(23)21-14/h4-7,9-11H,8H2,1-3H3,(H,20,22)(H,21,23). The highest BCUT2D eigenvalue weighted by Gasteiger charge is 2.16. The third-order valence-corrected chi connectivity index (χ3v) is 4.13. The van der Waals surface area contributed by atoms with E-state index in [1.165, 1.54) is 0 Å². The number of carbonyl (C=O) groups is 1. The number of aromatic amines is 1. The van der Waals surface area contributed by atoms with Crippen molar-refractivity contribution >= 4 is 22.7 Å². The van der Waals surface area contributed by atoms with Gasteiger partial charge in [-0.2, -0.15) is 0 Å². The first-order valence-corrected chi connectivity index (χ1v) is 8.15. The van der Waals surface area contributed by atoms with E-state index < -0.39 is 5.76 Å². The fraction of sp³-hybridized carbons (Fsp3) is 0.263. The van der Waals surface area contributed by atoms with Crippen LogP contribution in [0.4, 0.5) is 5.69 Å². The molecule has 0 saturated heterocycles. The van der Waals surface area contributed by atoms with Gasteiger partial charge < -0.3 is 19.2 Å². The van der Waals surface area contributed by atoms with Crippen molar-refractivity contribution in [1.29, 1.82) is 0 Å². The summed E-state index contributed by atoms with van der Waals surface area (Å²) in [5, 5.41) is 2.84. The van der Waals surface area contributed by atoms with Crippen LogP contribution in [0.5, 0.6) is 11.5 Å². The number of hydrogen-bond donors (Lipinski definition) is 2. The minimum Gasteiger partial charge on any atom is -0.493 e. The fourth-order valence-corrected chi connectivity index (χ4v) is 2.74. The molecule has 136 valence electrons. The summed E-state index contributed by atoms with van der Waals surface area (Å²) < 4.78 is 15.5. The van der Waals surface area contributed by atoms with Crippen LogP contribution in [0.2, 0.25) is 0 Å². The molecule has 1 amide bonds. The predicted octanol–water partition coefficient (Wildman–Crippen LogP) is 2.96. The molecule has 0 aliphatic rings. The first kappa shape index (κ1) is 17.6. The molecular weight excluding hydrogens is 336 g/mol. The molecule has 7 nitrogen and oxygen atoms in total. The number of H-pyrrole nitrogens is 1. The topological polar surface area (TPSA) is 93.6 Å². The molecule has 0 bridgehead atoms. The number of nitrogens with one attached hydrogen (secondary N) is 2. The second-order valence-electron chi connectivity index (χ2n) is 6.01. The molecule has 0 radical (unpaired) electrons. The number of oxazole rings is 1. The molecule has 3 rings (SSSR count). The minimum atomic E-state index is -0.523. The average molecular weight is 356 g/mol. The molecule has 0 aliphatic carbocycles. The second kappa shape index (κ2) is 7.35. The number of amides is 1. The quantitative estimate of drug-likeness (QED) is 0.708. The highest BCUT2D eigenvalue weighted by atomic mass is 16.5. The van der Waals surface area contributed by atoms with Crippen LogP contribution < -0.4 is 20.5 Å². The third kappa shape index (κ3) is 3.72. The van der Waals surface area contributed by atoms with E-state index in [0.29, 0.717) is 34.7 Å². The van der Waals surface area contributed by atoms with Crippen molar-refractivity contribution in [3.8, 4) is 11.5 Å². The molecule has 0 aliphatic heterocycles. The summed E-state index contributed by atoms with van der Waals surface area (Å²) in [6.07, 6.45) is 0.549. The van der Waals surface area contributed by atoms with Crippen LogP contribution in [-0.4, -0.2) is 25.1 Å². The van der Waals surface area contributed by atoms with Gasteiger partial charge in [0, 0.05) is 17.7 Å². The Morgan fingerprint density at radius 3 is 2.65 bits per heavy atom. The van der Waals surface area contributed by atoms with Gasteiger partial charge in [0.1, 0.15) is 0 Å². The van der Waals surface area contributed by atoms with Gasteiger partial charge in [0.15, 0.2) is 17.1 Å². The lowest BCUT2D eigenvalue weighted by molar-refractivity contribution is -0.119. The third-order valence-electron chi connectivity index (χ3n) is 4.13. The largest absolute Gasteiger partial charge is 0.493 e. The highest BCUT2D eigenvalue weighted by Crippen LogP contribution is 2.28. The van der Waals surface area contributed by atoms with E-state index in [1.54, 1.807) is 32.4 Å². The maximum atomic E-state index is 12.5. The van der Waals surface area contributed by atoms with Crippen LogP contribution in [0.3, 0.4) is 0 Å². The molecule has 1 unspecified atom stereocenters. The Hall–Kier alpha value is -3.22. The van der Waals surface area contributed by atoms with E-state index in [0.717, 1.165) is 5.56 Å². The van der Waals surface area contributed by atoms with Crippen LogP contribution in [0.25, 0.3) is 11.1 Å². The van der Waals surface area contributed by atoms with Crippen molar-refractivity contribution in [1.82, 2.24) is 4.98 Å². The smallest absolute Gasteiger partial charge is 0.417 e. The number of ether oxygens (including phenoxy) is 2. The Balaban J connectivity index is 1.69. The Kier molecular flexibility index (Phi) is 4.97. The first-order valence-electron chi connectivity index (χ1n) is 8.15. The maximum Gasteiger partial charge on any atom is 0.417 e. The second-order valence-corrected chi connectivity index (χ2v) is 6.01. The molecule has 2 aromatic carbocycles. The van der Waals surface area contributed by atoms with E-state index in [4.69, 9.17) is 13.9 Å². The number of aromatic nitrogens is 1. The van der Waals surface area contributed by atoms with E-state index in [2.05, 4.69) is 10.3 Å². The van der Waals surface area contributed by atoms with Gasteiger partial charge in [-0.25, -0.2) is 4.79 Å². The van der Waals surface area contributed by atoms with Crippen molar-refractivity contribution in [2.75, 3.05) is 19.5 Å². The van der Waals surface area contributed by atoms with Gasteiger partial charge in [-0.05, 0) is 36.2 Å². The number of hydrogen-bond acceptors (Lipinski definition) is 5. The number of rotatable bonds is 6. The summed E-state index contributed by atoms with van der Waals surface area (Å²) in [5.41, 5.74) is 2.54. The molecule has 26 heavy (non-hydrogen) atoms. The maximum absolute atomic E-state index is 12.5. The SMILES string of the molecule is COc1ccc(CC(C)C(=O)Nc2ccc3[nH]c(=O)oc3c2)cc1OC. The number of methoxy groups -OCH3 is 2. The number of carbonyl (C=O) groups excluding carboxylic acids is 1.